The minimum absolute atomic E-state index is 0.0267. The Labute approximate surface area is 167 Å². The van der Waals surface area contributed by atoms with E-state index in [1.54, 1.807) is 36.4 Å². The predicted molar refractivity (Wildman–Crippen MR) is 114 cm³/mol. The number of para-hydroxylation sites is 2. The van der Waals surface area contributed by atoms with Crippen LogP contribution in [-0.4, -0.2) is 27.6 Å². The van der Waals surface area contributed by atoms with Crippen molar-refractivity contribution >= 4 is 17.1 Å². The fourth-order valence-electron chi connectivity index (χ4n) is 3.04. The molecule has 0 saturated heterocycles. The van der Waals surface area contributed by atoms with Gasteiger partial charge in [0.15, 0.2) is 17.3 Å². The molecular weight excluding hydrogens is 366 g/mol. The van der Waals surface area contributed by atoms with Crippen LogP contribution >= 0.6 is 0 Å². The number of ether oxygens (including phenoxy) is 1. The van der Waals surface area contributed by atoms with Crippen molar-refractivity contribution < 1.29 is 9.84 Å². The second-order valence-electron chi connectivity index (χ2n) is 6.31. The van der Waals surface area contributed by atoms with Gasteiger partial charge in [0, 0.05) is 11.1 Å². The zero-order valence-electron chi connectivity index (χ0n) is 15.8. The molecule has 0 unspecified atom stereocenters. The SMILES string of the molecule is CCOc1cccc(/C=N\n2c(-c3ccccc3)nc3ccccc3c2=O)c1O. The fraction of sp³-hybridized carbons (Fsp3) is 0.0870. The normalized spacial score (nSPS) is 11.2. The van der Waals surface area contributed by atoms with E-state index in [1.165, 1.54) is 10.9 Å². The lowest BCUT2D eigenvalue weighted by Gasteiger charge is -2.10. The molecule has 3 aromatic carbocycles. The quantitative estimate of drug-likeness (QED) is 0.526. The zero-order valence-corrected chi connectivity index (χ0v) is 15.8. The molecule has 6 nitrogen and oxygen atoms in total. The van der Waals surface area contributed by atoms with Crippen LogP contribution in [-0.2, 0) is 0 Å². The molecule has 0 bridgehead atoms. The van der Waals surface area contributed by atoms with Gasteiger partial charge in [-0.3, -0.25) is 4.79 Å². The van der Waals surface area contributed by atoms with Gasteiger partial charge in [0.1, 0.15) is 0 Å². The average molecular weight is 385 g/mol. The van der Waals surface area contributed by atoms with Gasteiger partial charge in [-0.2, -0.15) is 9.78 Å². The first kappa shape index (κ1) is 18.4. The van der Waals surface area contributed by atoms with Crippen LogP contribution in [0, 0.1) is 0 Å². The molecule has 144 valence electrons. The summed E-state index contributed by atoms with van der Waals surface area (Å²) in [6.07, 6.45) is 1.43. The second kappa shape index (κ2) is 7.98. The van der Waals surface area contributed by atoms with Crippen LogP contribution < -0.4 is 10.3 Å². The molecule has 6 heteroatoms. The van der Waals surface area contributed by atoms with E-state index in [1.807, 2.05) is 43.3 Å². The fourth-order valence-corrected chi connectivity index (χ4v) is 3.04. The Morgan fingerprint density at radius 1 is 1.03 bits per heavy atom. The number of benzene rings is 3. The number of rotatable bonds is 5. The number of nitrogens with zero attached hydrogens (tertiary/aromatic N) is 3. The third-order valence-electron chi connectivity index (χ3n) is 4.43. The summed E-state index contributed by atoms with van der Waals surface area (Å²) in [5.41, 5.74) is 1.52. The summed E-state index contributed by atoms with van der Waals surface area (Å²) in [5.74, 6) is 0.760. The lowest BCUT2D eigenvalue weighted by molar-refractivity contribution is 0.318. The van der Waals surface area contributed by atoms with Gasteiger partial charge in [-0.05, 0) is 31.2 Å². The highest BCUT2D eigenvalue weighted by molar-refractivity contribution is 5.85. The predicted octanol–water partition coefficient (Wildman–Crippen LogP) is 4.05. The lowest BCUT2D eigenvalue weighted by atomic mass is 10.2. The highest BCUT2D eigenvalue weighted by Crippen LogP contribution is 2.28. The van der Waals surface area contributed by atoms with Crippen LogP contribution in [0.4, 0.5) is 0 Å². The summed E-state index contributed by atoms with van der Waals surface area (Å²) in [6, 6.07) is 21.7. The monoisotopic (exact) mass is 385 g/mol. The zero-order chi connectivity index (χ0) is 20.2. The van der Waals surface area contributed by atoms with E-state index in [4.69, 9.17) is 4.74 Å². The Morgan fingerprint density at radius 2 is 1.79 bits per heavy atom. The molecule has 0 aliphatic rings. The summed E-state index contributed by atoms with van der Waals surface area (Å²) in [7, 11) is 0. The maximum atomic E-state index is 13.1. The van der Waals surface area contributed by atoms with Crippen molar-refractivity contribution in [2.75, 3.05) is 6.61 Å². The van der Waals surface area contributed by atoms with Gasteiger partial charge in [-0.15, -0.1) is 0 Å². The molecule has 1 N–H and O–H groups in total. The molecule has 0 aliphatic heterocycles. The summed E-state index contributed by atoms with van der Waals surface area (Å²) < 4.78 is 6.67. The summed E-state index contributed by atoms with van der Waals surface area (Å²) in [5, 5.41) is 15.2. The van der Waals surface area contributed by atoms with Crippen molar-refractivity contribution in [3.05, 3.63) is 88.7 Å². The molecule has 29 heavy (non-hydrogen) atoms. The van der Waals surface area contributed by atoms with Gasteiger partial charge in [-0.25, -0.2) is 4.98 Å². The molecule has 4 rings (SSSR count). The summed E-state index contributed by atoms with van der Waals surface area (Å²) in [4.78, 5) is 17.8. The molecule has 0 atom stereocenters. The van der Waals surface area contributed by atoms with E-state index >= 15 is 0 Å². The van der Waals surface area contributed by atoms with Crippen LogP contribution in [0.5, 0.6) is 11.5 Å². The molecule has 0 saturated carbocycles. The van der Waals surface area contributed by atoms with Crippen molar-refractivity contribution in [1.29, 1.82) is 0 Å². The van der Waals surface area contributed by atoms with Crippen molar-refractivity contribution in [3.8, 4) is 22.9 Å². The lowest BCUT2D eigenvalue weighted by Crippen LogP contribution is -2.20. The molecule has 0 amide bonds. The third kappa shape index (κ3) is 3.60. The van der Waals surface area contributed by atoms with E-state index in [-0.39, 0.29) is 11.3 Å². The first-order valence-corrected chi connectivity index (χ1v) is 9.25. The van der Waals surface area contributed by atoms with Gasteiger partial charge in [0.25, 0.3) is 5.56 Å². The standard InChI is InChI=1S/C23H19N3O3/c1-2-29-20-14-8-11-17(21(20)27)15-24-26-22(16-9-4-3-5-10-16)25-19-13-7-6-12-18(19)23(26)28/h3-15,27H,2H2,1H3/b24-15-. The van der Waals surface area contributed by atoms with Crippen molar-refractivity contribution in [1.82, 2.24) is 9.66 Å². The highest BCUT2D eigenvalue weighted by atomic mass is 16.5. The van der Waals surface area contributed by atoms with Crippen molar-refractivity contribution in [3.63, 3.8) is 0 Å². The number of fused-ring (bicyclic) bond motifs is 1. The molecule has 0 aliphatic carbocycles. The largest absolute Gasteiger partial charge is 0.504 e. The first-order chi connectivity index (χ1) is 14.2. The van der Waals surface area contributed by atoms with E-state index in [0.29, 0.717) is 34.6 Å². The Kier molecular flexibility index (Phi) is 5.07. The molecular formula is C23H19N3O3. The Balaban J connectivity index is 1.89. The molecule has 4 aromatic rings. The topological polar surface area (TPSA) is 76.7 Å². The molecule has 1 aromatic heterocycles. The van der Waals surface area contributed by atoms with E-state index in [0.717, 1.165) is 5.56 Å². The third-order valence-corrected chi connectivity index (χ3v) is 4.43. The van der Waals surface area contributed by atoms with Crippen LogP contribution in [0.15, 0.2) is 82.7 Å². The number of phenols is 1. The van der Waals surface area contributed by atoms with Crippen LogP contribution in [0.3, 0.4) is 0 Å². The summed E-state index contributed by atoms with van der Waals surface area (Å²) in [6.45, 7) is 2.27. The number of aromatic hydroxyl groups is 1. The minimum Gasteiger partial charge on any atom is -0.504 e. The van der Waals surface area contributed by atoms with Crippen molar-refractivity contribution in [2.45, 2.75) is 6.92 Å². The Hall–Kier alpha value is -3.93. The van der Waals surface area contributed by atoms with Crippen molar-refractivity contribution in [2.24, 2.45) is 5.10 Å². The van der Waals surface area contributed by atoms with Gasteiger partial charge in [0.2, 0.25) is 0 Å². The number of aromatic nitrogens is 2. The highest BCUT2D eigenvalue weighted by Gasteiger charge is 2.12. The smallest absolute Gasteiger partial charge is 0.282 e. The van der Waals surface area contributed by atoms with Crippen LogP contribution in [0.25, 0.3) is 22.3 Å². The molecule has 0 spiro atoms. The van der Waals surface area contributed by atoms with Gasteiger partial charge >= 0.3 is 0 Å². The average Bonchev–Trinajstić information content (AvgIpc) is 2.76. The summed E-state index contributed by atoms with van der Waals surface area (Å²) >= 11 is 0. The van der Waals surface area contributed by atoms with Gasteiger partial charge < -0.3 is 9.84 Å². The van der Waals surface area contributed by atoms with E-state index in [2.05, 4.69) is 10.1 Å². The van der Waals surface area contributed by atoms with E-state index in [9.17, 15) is 9.90 Å². The van der Waals surface area contributed by atoms with Gasteiger partial charge in [-0.1, -0.05) is 48.5 Å². The Bertz CT molecular complexity index is 1250. The number of hydrogen-bond donors (Lipinski definition) is 1. The maximum Gasteiger partial charge on any atom is 0.282 e. The van der Waals surface area contributed by atoms with Crippen LogP contribution in [0.1, 0.15) is 12.5 Å². The van der Waals surface area contributed by atoms with E-state index < -0.39 is 0 Å². The van der Waals surface area contributed by atoms with Crippen LogP contribution in [0.2, 0.25) is 0 Å². The Morgan fingerprint density at radius 3 is 2.59 bits per heavy atom. The molecule has 0 fully saturated rings. The number of phenolic OH excluding ortho intramolecular Hbond substituents is 1. The first-order valence-electron chi connectivity index (χ1n) is 9.25. The maximum absolute atomic E-state index is 13.1. The molecule has 1 heterocycles. The molecule has 0 radical (unpaired) electrons. The second-order valence-corrected chi connectivity index (χ2v) is 6.31. The number of hydrogen-bond acceptors (Lipinski definition) is 5. The van der Waals surface area contributed by atoms with Gasteiger partial charge in [0.05, 0.1) is 23.7 Å². The minimum atomic E-state index is -0.286.